The van der Waals surface area contributed by atoms with Gasteiger partial charge in [0.25, 0.3) is 0 Å². The number of aliphatic imine (C=N–C) groups is 2. The Morgan fingerprint density at radius 3 is 2.81 bits per heavy atom. The summed E-state index contributed by atoms with van der Waals surface area (Å²) in [5, 5.41) is 13.8. The summed E-state index contributed by atoms with van der Waals surface area (Å²) < 4.78 is 21.4. The molecule has 162 valence electrons. The van der Waals surface area contributed by atoms with Gasteiger partial charge in [0.15, 0.2) is 5.84 Å². The standard InChI is InChI=1S/C23H22FN7O/c1-15(18(24)13-26)14-29-23(27-2)17-8-7-16(12-25)10-21(17)32-22-11-20(30-31(22)3)19-6-4-5-9-28-19/h4-11,14,18H,2,13,26H2,1,3H3/b15-14+,29-23?/t18-/m0/s1. The molecular weight excluding hydrogens is 409 g/mol. The Labute approximate surface area is 185 Å². The Hall–Kier alpha value is -4.16. The molecule has 0 aliphatic heterocycles. The number of alkyl halides is 1. The van der Waals surface area contributed by atoms with E-state index in [4.69, 9.17) is 10.5 Å². The predicted octanol–water partition coefficient (Wildman–Crippen LogP) is 3.79. The van der Waals surface area contributed by atoms with Crippen LogP contribution in [0.2, 0.25) is 0 Å². The van der Waals surface area contributed by atoms with Gasteiger partial charge in [-0.15, -0.1) is 0 Å². The number of halogens is 1. The van der Waals surface area contributed by atoms with Crippen LogP contribution >= 0.6 is 0 Å². The van der Waals surface area contributed by atoms with E-state index < -0.39 is 6.17 Å². The molecule has 0 aliphatic carbocycles. The second-order valence-electron chi connectivity index (χ2n) is 6.82. The summed E-state index contributed by atoms with van der Waals surface area (Å²) in [6.45, 7) is 5.01. The van der Waals surface area contributed by atoms with E-state index in [1.54, 1.807) is 49.1 Å². The molecule has 1 aromatic carbocycles. The van der Waals surface area contributed by atoms with Crippen LogP contribution in [0.15, 0.2) is 70.4 Å². The fourth-order valence-electron chi connectivity index (χ4n) is 2.78. The summed E-state index contributed by atoms with van der Waals surface area (Å²) in [5.41, 5.74) is 7.91. The number of hydrogen-bond donors (Lipinski definition) is 1. The van der Waals surface area contributed by atoms with E-state index >= 15 is 0 Å². The third kappa shape index (κ3) is 5.11. The summed E-state index contributed by atoms with van der Waals surface area (Å²) in [6.07, 6.45) is 1.73. The molecule has 0 saturated heterocycles. The van der Waals surface area contributed by atoms with Crippen LogP contribution in [-0.4, -0.2) is 40.0 Å². The highest BCUT2D eigenvalue weighted by molar-refractivity contribution is 6.04. The second-order valence-corrected chi connectivity index (χ2v) is 6.82. The zero-order chi connectivity index (χ0) is 23.1. The molecule has 0 bridgehead atoms. The molecule has 0 spiro atoms. The van der Waals surface area contributed by atoms with E-state index in [1.165, 1.54) is 6.20 Å². The van der Waals surface area contributed by atoms with Gasteiger partial charge < -0.3 is 10.5 Å². The summed E-state index contributed by atoms with van der Waals surface area (Å²) in [7, 11) is 1.73. The zero-order valence-electron chi connectivity index (χ0n) is 17.7. The summed E-state index contributed by atoms with van der Waals surface area (Å²) >= 11 is 0. The maximum absolute atomic E-state index is 13.8. The number of aromatic nitrogens is 3. The molecule has 0 unspecified atom stereocenters. The first kappa shape index (κ1) is 22.5. The molecule has 8 nitrogen and oxygen atoms in total. The van der Waals surface area contributed by atoms with Crippen molar-refractivity contribution in [3.63, 3.8) is 0 Å². The summed E-state index contributed by atoms with van der Waals surface area (Å²) in [6, 6.07) is 14.2. The monoisotopic (exact) mass is 431 g/mol. The number of hydrogen-bond acceptors (Lipinski definition) is 6. The van der Waals surface area contributed by atoms with Crippen molar-refractivity contribution in [1.82, 2.24) is 14.8 Å². The SMILES string of the molecule is C=NC(=N/C=C(\C)[C@@H](F)CN)c1ccc(C#N)cc1Oc1cc(-c2ccccn2)nn1C. The molecule has 32 heavy (non-hydrogen) atoms. The molecule has 2 N–H and O–H groups in total. The van der Waals surface area contributed by atoms with Gasteiger partial charge in [-0.2, -0.15) is 10.4 Å². The first-order chi connectivity index (χ1) is 15.5. The average Bonchev–Trinajstić information content (AvgIpc) is 3.19. The number of ether oxygens (including phenoxy) is 1. The lowest BCUT2D eigenvalue weighted by Crippen LogP contribution is -2.16. The van der Waals surface area contributed by atoms with Crippen molar-refractivity contribution >= 4 is 12.6 Å². The highest BCUT2D eigenvalue weighted by Crippen LogP contribution is 2.30. The minimum atomic E-state index is -1.30. The van der Waals surface area contributed by atoms with Crippen LogP contribution < -0.4 is 10.5 Å². The van der Waals surface area contributed by atoms with Gasteiger partial charge >= 0.3 is 0 Å². The first-order valence-corrected chi connectivity index (χ1v) is 9.70. The molecule has 0 fully saturated rings. The van der Waals surface area contributed by atoms with Crippen molar-refractivity contribution in [3.05, 3.63) is 71.6 Å². The van der Waals surface area contributed by atoms with Crippen molar-refractivity contribution in [2.24, 2.45) is 22.8 Å². The van der Waals surface area contributed by atoms with Gasteiger partial charge in [-0.25, -0.2) is 19.1 Å². The molecule has 3 rings (SSSR count). The first-order valence-electron chi connectivity index (χ1n) is 9.70. The van der Waals surface area contributed by atoms with Gasteiger partial charge in [-0.3, -0.25) is 4.98 Å². The lowest BCUT2D eigenvalue weighted by atomic mass is 10.1. The molecule has 0 aliphatic rings. The van der Waals surface area contributed by atoms with E-state index in [0.717, 1.165) is 0 Å². The van der Waals surface area contributed by atoms with E-state index in [1.807, 2.05) is 18.2 Å². The molecule has 2 heterocycles. The topological polar surface area (TPSA) is 114 Å². The lowest BCUT2D eigenvalue weighted by molar-refractivity contribution is 0.389. The van der Waals surface area contributed by atoms with Gasteiger partial charge in [0.05, 0.1) is 22.9 Å². The van der Waals surface area contributed by atoms with Crippen molar-refractivity contribution in [2.75, 3.05) is 6.54 Å². The quantitative estimate of drug-likeness (QED) is 0.451. The third-order valence-electron chi connectivity index (χ3n) is 4.57. The minimum Gasteiger partial charge on any atom is -0.438 e. The number of aryl methyl sites for hydroxylation is 1. The number of nitrogens with zero attached hydrogens (tertiary/aromatic N) is 6. The maximum Gasteiger partial charge on any atom is 0.218 e. The van der Waals surface area contributed by atoms with Crippen LogP contribution in [-0.2, 0) is 7.05 Å². The molecular formula is C23H22FN7O. The van der Waals surface area contributed by atoms with Gasteiger partial charge in [0, 0.05) is 32.1 Å². The van der Waals surface area contributed by atoms with Gasteiger partial charge in [0.1, 0.15) is 17.6 Å². The minimum absolute atomic E-state index is 0.140. The van der Waals surface area contributed by atoms with E-state index in [0.29, 0.717) is 39.7 Å². The van der Waals surface area contributed by atoms with E-state index in [9.17, 15) is 9.65 Å². The van der Waals surface area contributed by atoms with Crippen molar-refractivity contribution in [2.45, 2.75) is 13.1 Å². The summed E-state index contributed by atoms with van der Waals surface area (Å²) in [5.74, 6) is 0.955. The molecule has 0 radical (unpaired) electrons. The highest BCUT2D eigenvalue weighted by Gasteiger charge is 2.16. The Bertz CT molecular complexity index is 1210. The largest absolute Gasteiger partial charge is 0.438 e. The molecule has 2 aromatic heterocycles. The maximum atomic E-state index is 13.8. The summed E-state index contributed by atoms with van der Waals surface area (Å²) in [4.78, 5) is 12.5. The number of benzene rings is 1. The fraction of sp³-hybridized carbons (Fsp3) is 0.174. The molecule has 1 atom stereocenters. The molecule has 9 heteroatoms. The zero-order valence-corrected chi connectivity index (χ0v) is 17.7. The smallest absolute Gasteiger partial charge is 0.218 e. The number of rotatable bonds is 7. The Morgan fingerprint density at radius 1 is 1.34 bits per heavy atom. The van der Waals surface area contributed by atoms with E-state index in [-0.39, 0.29) is 12.4 Å². The van der Waals surface area contributed by atoms with Crippen molar-refractivity contribution in [1.29, 1.82) is 5.26 Å². The second kappa shape index (κ2) is 10.2. The molecule has 3 aromatic rings. The highest BCUT2D eigenvalue weighted by atomic mass is 19.1. The van der Waals surface area contributed by atoms with Crippen LogP contribution in [0, 0.1) is 11.3 Å². The van der Waals surface area contributed by atoms with Crippen molar-refractivity contribution < 1.29 is 9.13 Å². The Balaban J connectivity index is 2.01. The van der Waals surface area contributed by atoms with Gasteiger partial charge in [-0.1, -0.05) is 6.07 Å². The number of amidine groups is 1. The van der Waals surface area contributed by atoms with Crippen LogP contribution in [0.1, 0.15) is 18.1 Å². The average molecular weight is 431 g/mol. The molecule has 0 amide bonds. The number of nitriles is 1. The van der Waals surface area contributed by atoms with Crippen LogP contribution in [0.5, 0.6) is 11.6 Å². The number of nitrogens with two attached hydrogens (primary N) is 1. The van der Waals surface area contributed by atoms with Gasteiger partial charge in [0.2, 0.25) is 5.88 Å². The molecule has 0 saturated carbocycles. The predicted molar refractivity (Wildman–Crippen MR) is 121 cm³/mol. The van der Waals surface area contributed by atoms with Gasteiger partial charge in [-0.05, 0) is 49.5 Å². The van der Waals surface area contributed by atoms with Crippen LogP contribution in [0.25, 0.3) is 11.4 Å². The number of pyridine rings is 1. The van der Waals surface area contributed by atoms with Crippen LogP contribution in [0.4, 0.5) is 4.39 Å². The fourth-order valence-corrected chi connectivity index (χ4v) is 2.78. The third-order valence-corrected chi connectivity index (χ3v) is 4.57. The van der Waals surface area contributed by atoms with Crippen LogP contribution in [0.3, 0.4) is 0 Å². The Morgan fingerprint density at radius 2 is 2.16 bits per heavy atom. The van der Waals surface area contributed by atoms with Crippen molar-refractivity contribution in [3.8, 4) is 29.1 Å². The van der Waals surface area contributed by atoms with E-state index in [2.05, 4.69) is 32.9 Å². The Kier molecular flexibility index (Phi) is 7.21. The lowest BCUT2D eigenvalue weighted by Gasteiger charge is -2.11. The normalized spacial score (nSPS) is 12.8.